The second-order valence-corrected chi connectivity index (χ2v) is 10.3. The first kappa shape index (κ1) is 23.5. The normalized spacial score (nSPS) is 14.8. The Hall–Kier alpha value is -2.69. The Balaban J connectivity index is 1.66. The van der Waals surface area contributed by atoms with Gasteiger partial charge in [-0.3, -0.25) is 4.79 Å². The second kappa shape index (κ2) is 9.66. The molecule has 0 spiro atoms. The van der Waals surface area contributed by atoms with Gasteiger partial charge in [-0.05, 0) is 39.3 Å². The largest absolute Gasteiger partial charge is 0.455 e. The molecule has 1 saturated heterocycles. The number of esters is 1. The van der Waals surface area contributed by atoms with E-state index >= 15 is 0 Å². The number of rotatable bonds is 5. The molecule has 0 bridgehead atoms. The van der Waals surface area contributed by atoms with Gasteiger partial charge in [0.2, 0.25) is 0 Å². The average Bonchev–Trinajstić information content (AvgIpc) is 3.42. The smallest absolute Gasteiger partial charge is 0.357 e. The molecule has 3 aromatic heterocycles. The van der Waals surface area contributed by atoms with E-state index in [2.05, 4.69) is 10.1 Å². The van der Waals surface area contributed by atoms with E-state index in [1.165, 1.54) is 22.1 Å². The van der Waals surface area contributed by atoms with Crippen LogP contribution in [0.2, 0.25) is 4.34 Å². The predicted octanol–water partition coefficient (Wildman–Crippen LogP) is 4.12. The molecule has 176 valence electrons. The van der Waals surface area contributed by atoms with Crippen molar-refractivity contribution in [3.63, 3.8) is 0 Å². The summed E-state index contributed by atoms with van der Waals surface area (Å²) in [5.74, 6) is -0.147. The van der Waals surface area contributed by atoms with Gasteiger partial charge in [0.25, 0.3) is 5.91 Å². The van der Waals surface area contributed by atoms with Gasteiger partial charge in [0.05, 0.1) is 28.6 Å². The zero-order valence-corrected chi connectivity index (χ0v) is 20.2. The van der Waals surface area contributed by atoms with Crippen LogP contribution < -0.4 is 0 Å². The maximum Gasteiger partial charge on any atom is 0.357 e. The van der Waals surface area contributed by atoms with Crippen molar-refractivity contribution in [2.24, 2.45) is 0 Å². The standard InChI is InChI=1S/C22H25ClN4O5S/c1-22(2,3)31-21(29)15-12-24-19(20(28)26-7-4-9-30-10-8-26)27(15)13-14-11-16(32-25-14)17-5-6-18(23)33-17/h5-6,11-12H,4,7-10,13H2,1-3H3. The Morgan fingerprint density at radius 1 is 1.24 bits per heavy atom. The molecule has 11 heteroatoms. The monoisotopic (exact) mass is 492 g/mol. The fraction of sp³-hybridized carbons (Fsp3) is 0.455. The lowest BCUT2D eigenvalue weighted by Gasteiger charge is -2.21. The minimum atomic E-state index is -0.696. The Morgan fingerprint density at radius 2 is 2.06 bits per heavy atom. The summed E-state index contributed by atoms with van der Waals surface area (Å²) in [7, 11) is 0. The summed E-state index contributed by atoms with van der Waals surface area (Å²) in [6, 6.07) is 5.38. The Bertz CT molecular complexity index is 1140. The number of halogens is 1. The maximum absolute atomic E-state index is 13.3. The van der Waals surface area contributed by atoms with Crippen LogP contribution in [0.3, 0.4) is 0 Å². The molecule has 9 nitrogen and oxygen atoms in total. The summed E-state index contributed by atoms with van der Waals surface area (Å²) >= 11 is 7.39. The first-order valence-corrected chi connectivity index (χ1v) is 11.8. The van der Waals surface area contributed by atoms with Crippen LogP contribution in [0, 0.1) is 0 Å². The lowest BCUT2D eigenvalue weighted by molar-refractivity contribution is 0.00579. The van der Waals surface area contributed by atoms with E-state index in [9.17, 15) is 9.59 Å². The number of hydrogen-bond acceptors (Lipinski definition) is 8. The van der Waals surface area contributed by atoms with Crippen LogP contribution in [0.15, 0.2) is 28.9 Å². The van der Waals surface area contributed by atoms with Gasteiger partial charge in [-0.15, -0.1) is 11.3 Å². The number of amides is 1. The molecule has 0 radical (unpaired) electrons. The van der Waals surface area contributed by atoms with Crippen molar-refractivity contribution in [2.75, 3.05) is 26.3 Å². The molecule has 0 aromatic carbocycles. The quantitative estimate of drug-likeness (QED) is 0.494. The van der Waals surface area contributed by atoms with Crippen molar-refractivity contribution in [3.8, 4) is 10.6 Å². The first-order chi connectivity index (χ1) is 15.7. The molecule has 4 rings (SSSR count). The van der Waals surface area contributed by atoms with Crippen molar-refractivity contribution >= 4 is 34.8 Å². The van der Waals surface area contributed by atoms with E-state index in [-0.39, 0.29) is 24.0 Å². The van der Waals surface area contributed by atoms with E-state index in [0.717, 1.165) is 11.3 Å². The highest BCUT2D eigenvalue weighted by atomic mass is 35.5. The second-order valence-electron chi connectivity index (χ2n) is 8.60. The highest BCUT2D eigenvalue weighted by Crippen LogP contribution is 2.31. The molecule has 1 aliphatic rings. The number of hydrogen-bond donors (Lipinski definition) is 0. The van der Waals surface area contributed by atoms with Crippen LogP contribution in [-0.2, 0) is 16.0 Å². The molecule has 1 aliphatic heterocycles. The van der Waals surface area contributed by atoms with Crippen molar-refractivity contribution in [2.45, 2.75) is 39.3 Å². The number of carbonyl (C=O) groups is 2. The molecule has 0 saturated carbocycles. The number of thiophene rings is 1. The first-order valence-electron chi connectivity index (χ1n) is 10.6. The number of carbonyl (C=O) groups excluding carboxylic acids is 2. The maximum atomic E-state index is 13.3. The third-order valence-corrected chi connectivity index (χ3v) is 6.11. The third kappa shape index (κ3) is 5.63. The van der Waals surface area contributed by atoms with E-state index < -0.39 is 11.6 Å². The molecular weight excluding hydrogens is 468 g/mol. The van der Waals surface area contributed by atoms with Gasteiger partial charge in [0, 0.05) is 25.8 Å². The summed E-state index contributed by atoms with van der Waals surface area (Å²) in [4.78, 5) is 33.0. The van der Waals surface area contributed by atoms with Crippen molar-refractivity contribution in [1.29, 1.82) is 0 Å². The Kier molecular flexibility index (Phi) is 6.87. The van der Waals surface area contributed by atoms with E-state index in [4.69, 9.17) is 25.6 Å². The molecule has 0 atom stereocenters. The molecular formula is C22H25ClN4O5S. The van der Waals surface area contributed by atoms with Gasteiger partial charge in [-0.2, -0.15) is 0 Å². The van der Waals surface area contributed by atoms with Crippen LogP contribution in [0.1, 0.15) is 54.0 Å². The number of ether oxygens (including phenoxy) is 2. The van der Waals surface area contributed by atoms with Crippen molar-refractivity contribution in [3.05, 3.63) is 45.9 Å². The fourth-order valence-electron chi connectivity index (χ4n) is 3.40. The highest BCUT2D eigenvalue weighted by Gasteiger charge is 2.29. The van der Waals surface area contributed by atoms with E-state index in [1.807, 2.05) is 6.07 Å². The molecule has 1 amide bonds. The van der Waals surface area contributed by atoms with Gasteiger partial charge in [0.15, 0.2) is 11.6 Å². The zero-order valence-electron chi connectivity index (χ0n) is 18.7. The molecule has 0 unspecified atom stereocenters. The van der Waals surface area contributed by atoms with Crippen LogP contribution in [0.25, 0.3) is 10.6 Å². The molecule has 0 aliphatic carbocycles. The van der Waals surface area contributed by atoms with Gasteiger partial charge in [-0.1, -0.05) is 16.8 Å². The zero-order chi connectivity index (χ0) is 23.6. The topological polar surface area (TPSA) is 99.7 Å². The van der Waals surface area contributed by atoms with Crippen molar-refractivity contribution in [1.82, 2.24) is 19.6 Å². The van der Waals surface area contributed by atoms with Crippen molar-refractivity contribution < 1.29 is 23.6 Å². The molecule has 33 heavy (non-hydrogen) atoms. The fourth-order valence-corrected chi connectivity index (χ4v) is 4.39. The number of imidazole rings is 1. The minimum Gasteiger partial charge on any atom is -0.455 e. The van der Waals surface area contributed by atoms with Gasteiger partial charge in [-0.25, -0.2) is 9.78 Å². The summed E-state index contributed by atoms with van der Waals surface area (Å²) in [6.45, 7) is 7.54. The summed E-state index contributed by atoms with van der Waals surface area (Å²) in [5.41, 5.74) is 0.00600. The van der Waals surface area contributed by atoms with E-state index in [0.29, 0.717) is 42.1 Å². The SMILES string of the molecule is CC(C)(C)OC(=O)c1cnc(C(=O)N2CCCOCC2)n1Cc1cc(-c2ccc(Cl)s2)on1. The number of aromatic nitrogens is 3. The lowest BCUT2D eigenvalue weighted by atomic mass is 10.2. The average molecular weight is 493 g/mol. The third-order valence-electron chi connectivity index (χ3n) is 4.86. The van der Waals surface area contributed by atoms with E-state index in [1.54, 1.807) is 37.8 Å². The summed E-state index contributed by atoms with van der Waals surface area (Å²) < 4.78 is 18.6. The van der Waals surface area contributed by atoms with Crippen LogP contribution in [-0.4, -0.2) is 63.4 Å². The van der Waals surface area contributed by atoms with Gasteiger partial charge >= 0.3 is 5.97 Å². The molecule has 1 fully saturated rings. The molecule has 3 aromatic rings. The van der Waals surface area contributed by atoms with Crippen LogP contribution in [0.4, 0.5) is 0 Å². The predicted molar refractivity (Wildman–Crippen MR) is 123 cm³/mol. The summed E-state index contributed by atoms with van der Waals surface area (Å²) in [5, 5.41) is 4.12. The van der Waals surface area contributed by atoms with Gasteiger partial charge < -0.3 is 23.5 Å². The van der Waals surface area contributed by atoms with Gasteiger partial charge in [0.1, 0.15) is 17.0 Å². The highest BCUT2D eigenvalue weighted by molar-refractivity contribution is 7.19. The molecule has 4 heterocycles. The minimum absolute atomic E-state index is 0.114. The van der Waals surface area contributed by atoms with Crippen LogP contribution in [0.5, 0.6) is 0 Å². The summed E-state index contributed by atoms with van der Waals surface area (Å²) in [6.07, 6.45) is 2.11. The molecule has 0 N–H and O–H groups in total. The lowest BCUT2D eigenvalue weighted by Crippen LogP contribution is -2.35. The Labute approximate surface area is 200 Å². The Morgan fingerprint density at radius 3 is 2.79 bits per heavy atom. The van der Waals surface area contributed by atoms with Crippen LogP contribution >= 0.6 is 22.9 Å². The number of nitrogens with zero attached hydrogens (tertiary/aromatic N) is 4.